The second-order valence-electron chi connectivity index (χ2n) is 3.94. The van der Waals surface area contributed by atoms with E-state index in [4.69, 9.17) is 0 Å². The van der Waals surface area contributed by atoms with Crippen molar-refractivity contribution >= 4 is 6.29 Å². The summed E-state index contributed by atoms with van der Waals surface area (Å²) in [6, 6.07) is 5.77. The minimum atomic E-state index is 0.734. The maximum absolute atomic E-state index is 10.7. The molecule has 0 aliphatic carbocycles. The fraction of sp³-hybridized carbons (Fsp3) is 0.231. The molecule has 0 aliphatic rings. The number of hydrogen-bond donors (Lipinski definition) is 0. The van der Waals surface area contributed by atoms with E-state index in [2.05, 4.69) is 4.98 Å². The van der Waals surface area contributed by atoms with Crippen molar-refractivity contribution in [2.24, 2.45) is 0 Å². The van der Waals surface area contributed by atoms with Crippen LogP contribution in [0.5, 0.6) is 0 Å². The van der Waals surface area contributed by atoms with Crippen molar-refractivity contribution in [1.82, 2.24) is 9.55 Å². The number of aromatic nitrogens is 2. The summed E-state index contributed by atoms with van der Waals surface area (Å²) in [7, 11) is 0. The maximum atomic E-state index is 10.7. The molecule has 3 heteroatoms. The van der Waals surface area contributed by atoms with Crippen LogP contribution >= 0.6 is 0 Å². The average molecular weight is 214 g/mol. The SMILES string of the molecule is Cc1cc(-n2cnc(C)c2C)ccc1C=O. The number of aldehydes is 1. The van der Waals surface area contributed by atoms with E-state index >= 15 is 0 Å². The molecule has 2 aromatic rings. The van der Waals surface area contributed by atoms with Gasteiger partial charge in [-0.2, -0.15) is 0 Å². The molecule has 2 rings (SSSR count). The van der Waals surface area contributed by atoms with Crippen LogP contribution in [0, 0.1) is 20.8 Å². The monoisotopic (exact) mass is 214 g/mol. The molecule has 0 bridgehead atoms. The fourth-order valence-electron chi connectivity index (χ4n) is 1.70. The summed E-state index contributed by atoms with van der Waals surface area (Å²) < 4.78 is 2.02. The van der Waals surface area contributed by atoms with Gasteiger partial charge in [0.25, 0.3) is 0 Å². The molecule has 3 nitrogen and oxygen atoms in total. The van der Waals surface area contributed by atoms with E-state index in [0.29, 0.717) is 0 Å². The summed E-state index contributed by atoms with van der Waals surface area (Å²) in [5.74, 6) is 0. The lowest BCUT2D eigenvalue weighted by atomic mass is 10.1. The van der Waals surface area contributed by atoms with Gasteiger partial charge in [-0.05, 0) is 44.5 Å². The molecule has 0 N–H and O–H groups in total. The van der Waals surface area contributed by atoms with Crippen LogP contribution in [0.15, 0.2) is 24.5 Å². The van der Waals surface area contributed by atoms with Crippen molar-refractivity contribution in [3.63, 3.8) is 0 Å². The summed E-state index contributed by atoms with van der Waals surface area (Å²) in [6.45, 7) is 5.95. The second kappa shape index (κ2) is 3.93. The van der Waals surface area contributed by atoms with E-state index < -0.39 is 0 Å². The molecular formula is C13H14N2O. The van der Waals surface area contributed by atoms with Crippen molar-refractivity contribution in [3.05, 3.63) is 47.0 Å². The standard InChI is InChI=1S/C13H14N2O/c1-9-6-13(5-4-12(9)7-16)15-8-14-10(2)11(15)3/h4-8H,1-3H3. The lowest BCUT2D eigenvalue weighted by Gasteiger charge is -2.07. The molecule has 0 fully saturated rings. The van der Waals surface area contributed by atoms with Crippen LogP contribution in [0.3, 0.4) is 0 Å². The fourth-order valence-corrected chi connectivity index (χ4v) is 1.70. The Balaban J connectivity index is 2.53. The molecule has 0 atom stereocenters. The largest absolute Gasteiger partial charge is 0.303 e. The molecular weight excluding hydrogens is 200 g/mol. The van der Waals surface area contributed by atoms with Crippen LogP contribution in [-0.2, 0) is 0 Å². The van der Waals surface area contributed by atoms with Gasteiger partial charge in [0, 0.05) is 16.9 Å². The first-order chi connectivity index (χ1) is 7.63. The molecule has 1 heterocycles. The van der Waals surface area contributed by atoms with E-state index in [1.165, 1.54) is 0 Å². The second-order valence-corrected chi connectivity index (χ2v) is 3.94. The molecule has 82 valence electrons. The zero-order chi connectivity index (χ0) is 11.7. The van der Waals surface area contributed by atoms with Crippen molar-refractivity contribution in [3.8, 4) is 5.69 Å². The number of imidazole rings is 1. The van der Waals surface area contributed by atoms with Gasteiger partial charge in [0.15, 0.2) is 0 Å². The van der Waals surface area contributed by atoms with E-state index in [1.54, 1.807) is 6.33 Å². The van der Waals surface area contributed by atoms with Gasteiger partial charge in [-0.1, -0.05) is 0 Å². The first-order valence-electron chi connectivity index (χ1n) is 5.20. The van der Waals surface area contributed by atoms with E-state index in [1.807, 2.05) is 43.5 Å². The van der Waals surface area contributed by atoms with Gasteiger partial charge < -0.3 is 4.57 Å². The summed E-state index contributed by atoms with van der Waals surface area (Å²) in [5, 5.41) is 0. The van der Waals surface area contributed by atoms with Crippen molar-refractivity contribution in [1.29, 1.82) is 0 Å². The molecule has 0 saturated heterocycles. The molecule has 0 aliphatic heterocycles. The van der Waals surface area contributed by atoms with Crippen molar-refractivity contribution in [2.45, 2.75) is 20.8 Å². The van der Waals surface area contributed by atoms with Gasteiger partial charge in [0.2, 0.25) is 0 Å². The van der Waals surface area contributed by atoms with Gasteiger partial charge in [0.1, 0.15) is 6.29 Å². The normalized spacial score (nSPS) is 10.4. The molecule has 0 unspecified atom stereocenters. The molecule has 0 saturated carbocycles. The number of rotatable bonds is 2. The Hall–Kier alpha value is -1.90. The number of nitrogens with zero attached hydrogens (tertiary/aromatic N) is 2. The Morgan fingerprint density at radius 3 is 2.50 bits per heavy atom. The molecule has 0 radical (unpaired) electrons. The zero-order valence-corrected chi connectivity index (χ0v) is 9.69. The van der Waals surface area contributed by atoms with Gasteiger partial charge in [-0.15, -0.1) is 0 Å². The summed E-state index contributed by atoms with van der Waals surface area (Å²) in [4.78, 5) is 15.0. The number of hydrogen-bond acceptors (Lipinski definition) is 2. The Bertz CT molecular complexity index is 541. The van der Waals surface area contributed by atoms with Crippen LogP contribution in [0.2, 0.25) is 0 Å². The van der Waals surface area contributed by atoms with E-state index in [-0.39, 0.29) is 0 Å². The third-order valence-corrected chi connectivity index (χ3v) is 2.91. The molecule has 1 aromatic heterocycles. The van der Waals surface area contributed by atoms with Gasteiger partial charge in [0.05, 0.1) is 12.0 Å². The Morgan fingerprint density at radius 1 is 1.25 bits per heavy atom. The van der Waals surface area contributed by atoms with E-state index in [9.17, 15) is 4.79 Å². The predicted molar refractivity (Wildman–Crippen MR) is 63.2 cm³/mol. The molecule has 1 aromatic carbocycles. The quantitative estimate of drug-likeness (QED) is 0.720. The molecule has 0 amide bonds. The average Bonchev–Trinajstić information content (AvgIpc) is 2.60. The van der Waals surface area contributed by atoms with Crippen molar-refractivity contribution in [2.75, 3.05) is 0 Å². The topological polar surface area (TPSA) is 34.9 Å². The highest BCUT2D eigenvalue weighted by Gasteiger charge is 2.05. The Labute approximate surface area is 94.7 Å². The van der Waals surface area contributed by atoms with Crippen LogP contribution in [-0.4, -0.2) is 15.8 Å². The maximum Gasteiger partial charge on any atom is 0.150 e. The summed E-state index contributed by atoms with van der Waals surface area (Å²) in [6.07, 6.45) is 2.69. The van der Waals surface area contributed by atoms with Gasteiger partial charge >= 0.3 is 0 Å². The number of carbonyl (C=O) groups excluding carboxylic acids is 1. The number of carbonyl (C=O) groups is 1. The first-order valence-corrected chi connectivity index (χ1v) is 5.20. The minimum absolute atomic E-state index is 0.734. The van der Waals surface area contributed by atoms with Gasteiger partial charge in [-0.3, -0.25) is 4.79 Å². The predicted octanol–water partition coefficient (Wildman–Crippen LogP) is 2.61. The Morgan fingerprint density at radius 2 is 2.00 bits per heavy atom. The lowest BCUT2D eigenvalue weighted by Crippen LogP contribution is -1.97. The number of benzene rings is 1. The smallest absolute Gasteiger partial charge is 0.150 e. The van der Waals surface area contributed by atoms with Crippen LogP contribution in [0.25, 0.3) is 5.69 Å². The van der Waals surface area contributed by atoms with Crippen LogP contribution < -0.4 is 0 Å². The van der Waals surface area contributed by atoms with Crippen LogP contribution in [0.4, 0.5) is 0 Å². The third kappa shape index (κ3) is 1.65. The molecule has 0 spiro atoms. The highest BCUT2D eigenvalue weighted by molar-refractivity contribution is 5.77. The highest BCUT2D eigenvalue weighted by Crippen LogP contribution is 2.16. The highest BCUT2D eigenvalue weighted by atomic mass is 16.1. The first kappa shape index (κ1) is 10.6. The molecule has 16 heavy (non-hydrogen) atoms. The van der Waals surface area contributed by atoms with E-state index in [0.717, 1.165) is 34.5 Å². The number of aryl methyl sites for hydroxylation is 2. The summed E-state index contributed by atoms with van der Waals surface area (Å²) in [5.41, 5.74) is 4.91. The van der Waals surface area contributed by atoms with Crippen molar-refractivity contribution < 1.29 is 4.79 Å². The lowest BCUT2D eigenvalue weighted by molar-refractivity contribution is 0.112. The van der Waals surface area contributed by atoms with Crippen LogP contribution in [0.1, 0.15) is 27.3 Å². The minimum Gasteiger partial charge on any atom is -0.303 e. The Kier molecular flexibility index (Phi) is 2.60. The zero-order valence-electron chi connectivity index (χ0n) is 9.69. The third-order valence-electron chi connectivity index (χ3n) is 2.91. The van der Waals surface area contributed by atoms with Gasteiger partial charge in [-0.25, -0.2) is 4.98 Å². The summed E-state index contributed by atoms with van der Waals surface area (Å²) >= 11 is 0.